The van der Waals surface area contributed by atoms with Crippen LogP contribution < -0.4 is 11.3 Å². The maximum Gasteiger partial charge on any atom is 0.490 e. The predicted octanol–water partition coefficient (Wildman–Crippen LogP) is -0.671. The van der Waals surface area contributed by atoms with Crippen LogP contribution in [0.3, 0.4) is 0 Å². The summed E-state index contributed by atoms with van der Waals surface area (Å²) in [5, 5.41) is 10.5. The number of ether oxygens (including phenoxy) is 1. The first kappa shape index (κ1) is 26.9. The second-order valence-corrected chi connectivity index (χ2v) is 11.4. The molecule has 0 aliphatic carbocycles. The fraction of sp³-hybridized carbons (Fsp3) is 0.545. The molecule has 0 bridgehead atoms. The van der Waals surface area contributed by atoms with Gasteiger partial charge in [-0.3, -0.25) is 18.9 Å². The molecule has 1 saturated heterocycles. The van der Waals surface area contributed by atoms with E-state index in [-0.39, 0.29) is 11.2 Å². The summed E-state index contributed by atoms with van der Waals surface area (Å²) in [4.78, 5) is 57.0. The number of halogens is 2. The lowest BCUT2D eigenvalue weighted by atomic mass is 9.97. The number of nitrogens with zero attached hydrogens (tertiary/aromatic N) is 3. The average molecular weight is 557 g/mol. The minimum absolute atomic E-state index is 0.339. The minimum atomic E-state index is -5.92. The molecule has 0 amide bonds. The highest BCUT2D eigenvalue weighted by atomic mass is 31.3. The highest BCUT2D eigenvalue weighted by Gasteiger charge is 2.65. The van der Waals surface area contributed by atoms with Crippen molar-refractivity contribution >= 4 is 40.6 Å². The molecule has 2 unspecified atom stereocenters. The third kappa shape index (κ3) is 5.43. The Balaban J connectivity index is 1.84. The summed E-state index contributed by atoms with van der Waals surface area (Å²) in [6, 6.07) is 0. The van der Waals surface area contributed by atoms with Crippen molar-refractivity contribution in [2.24, 2.45) is 0 Å². The maximum absolute atomic E-state index is 15.2. The van der Waals surface area contributed by atoms with Gasteiger partial charge in [-0.25, -0.2) is 27.5 Å². The summed E-state index contributed by atoms with van der Waals surface area (Å²) in [6.45, 7) is -1.09. The van der Waals surface area contributed by atoms with Crippen molar-refractivity contribution in [3.05, 3.63) is 16.7 Å². The fourth-order valence-corrected chi connectivity index (χ4v) is 5.99. The quantitative estimate of drug-likeness (QED) is 0.198. The Kier molecular flexibility index (Phi) is 6.72. The molecular weight excluding hydrogens is 541 g/mol. The lowest BCUT2D eigenvalue weighted by Gasteiger charge is -2.26. The number of phosphoric acid groups is 3. The molecule has 8 N–H and O–H groups in total. The predicted molar refractivity (Wildman–Crippen MR) is 102 cm³/mol. The zero-order valence-corrected chi connectivity index (χ0v) is 19.1. The summed E-state index contributed by atoms with van der Waals surface area (Å²) in [5.74, 6) is -4.13. The van der Waals surface area contributed by atoms with Crippen molar-refractivity contribution in [2.75, 3.05) is 12.3 Å². The van der Waals surface area contributed by atoms with Crippen molar-refractivity contribution in [2.45, 2.75) is 30.8 Å². The van der Waals surface area contributed by atoms with E-state index in [4.69, 9.17) is 25.2 Å². The maximum atomic E-state index is 15.2. The lowest BCUT2D eigenvalue weighted by molar-refractivity contribution is -0.193. The Bertz CT molecular complexity index is 1310. The van der Waals surface area contributed by atoms with E-state index in [0.717, 1.165) is 17.8 Å². The smallest absolute Gasteiger partial charge is 0.382 e. The Hall–Kier alpha value is -1.66. The first-order chi connectivity index (χ1) is 15.3. The monoisotopic (exact) mass is 557 g/mol. The molecule has 1 fully saturated rings. The number of nitrogens with two attached hydrogens (primary N) is 1. The molecule has 3 heterocycles. The number of fused-ring (bicyclic) bond motifs is 1. The lowest BCUT2D eigenvalue weighted by Crippen LogP contribution is -2.46. The van der Waals surface area contributed by atoms with Crippen LogP contribution in [-0.2, 0) is 31.6 Å². The first-order valence-electron chi connectivity index (χ1n) is 8.50. The molecule has 1 aliphatic rings. The van der Waals surface area contributed by atoms with E-state index in [1.165, 1.54) is 0 Å². The fourth-order valence-electron chi connectivity index (χ4n) is 2.96. The summed E-state index contributed by atoms with van der Waals surface area (Å²) in [5.41, 5.74) is 1.17. The number of nitrogen functional groups attached to an aromatic ring is 1. The number of rotatable bonds is 8. The Morgan fingerprint density at radius 2 is 1.88 bits per heavy atom. The Morgan fingerprint density at radius 3 is 2.47 bits per heavy atom. The zero-order valence-electron chi connectivity index (χ0n) is 16.5. The van der Waals surface area contributed by atoms with E-state index < -0.39 is 65.4 Å². The average Bonchev–Trinajstić information content (AvgIpc) is 3.11. The van der Waals surface area contributed by atoms with Crippen LogP contribution in [0.25, 0.3) is 11.2 Å². The first-order valence-corrected chi connectivity index (χ1v) is 13.0. The van der Waals surface area contributed by atoms with Gasteiger partial charge < -0.3 is 35.2 Å². The number of aromatic amines is 1. The molecule has 34 heavy (non-hydrogen) atoms. The summed E-state index contributed by atoms with van der Waals surface area (Å²) in [7, 11) is -17.4. The Labute approximate surface area is 185 Å². The number of hydrogen-bond donors (Lipinski definition) is 7. The van der Waals surface area contributed by atoms with E-state index in [2.05, 4.69) is 28.1 Å². The zero-order chi connectivity index (χ0) is 25.9. The van der Waals surface area contributed by atoms with E-state index in [1.807, 2.05) is 0 Å². The number of alkyl halides is 2. The number of hydrogen-bond acceptors (Lipinski definition) is 12. The second kappa shape index (κ2) is 8.48. The molecule has 3 rings (SSSR count). The number of phosphoric ester groups is 1. The van der Waals surface area contributed by atoms with Crippen molar-refractivity contribution in [1.82, 2.24) is 19.5 Å². The molecule has 6 atom stereocenters. The molecule has 192 valence electrons. The van der Waals surface area contributed by atoms with Crippen molar-refractivity contribution in [1.29, 1.82) is 0 Å². The van der Waals surface area contributed by atoms with Gasteiger partial charge in [0.2, 0.25) is 5.95 Å². The SMILES string of the molecule is C[C@]1(O)[C@H](n2cnc3c(=O)[nH]c(N)nc32)O[C@](F)(COP(=O)(O)OP(=O)(O)OP(=O)(O)O)[C@H]1F. The van der Waals surface area contributed by atoms with Crippen molar-refractivity contribution < 1.29 is 65.0 Å². The van der Waals surface area contributed by atoms with E-state index in [0.29, 0.717) is 0 Å². The van der Waals surface area contributed by atoms with Gasteiger partial charge in [0.1, 0.15) is 12.2 Å². The van der Waals surface area contributed by atoms with Gasteiger partial charge in [-0.05, 0) is 6.92 Å². The van der Waals surface area contributed by atoms with Crippen LogP contribution >= 0.6 is 23.5 Å². The normalized spacial score (nSPS) is 31.4. The molecule has 0 aromatic carbocycles. The Morgan fingerprint density at radius 1 is 1.26 bits per heavy atom. The van der Waals surface area contributed by atoms with Crippen LogP contribution in [0.2, 0.25) is 0 Å². The van der Waals surface area contributed by atoms with Crippen LogP contribution in [0.15, 0.2) is 11.1 Å². The molecular formula is C11H16F2N5O13P3. The minimum Gasteiger partial charge on any atom is -0.382 e. The molecule has 23 heteroatoms. The molecule has 18 nitrogen and oxygen atoms in total. The molecule has 0 radical (unpaired) electrons. The van der Waals surface area contributed by atoms with E-state index >= 15 is 4.39 Å². The van der Waals surface area contributed by atoms with Crippen molar-refractivity contribution in [3.8, 4) is 0 Å². The standard InChI is InChI=1S/C11H16F2N5O13P3/c1-10(20)7(12)11(13,2-28-33(24,25)31-34(26,27)30-32(21,22)23)29-8(10)18-3-15-4-5(18)16-9(14)17-6(4)19/h3,7-8,20H,2H2,1H3,(H,24,25)(H,26,27)(H2,21,22,23)(H3,14,16,17,19)/t7-,8+,10+,11+/m0/s1. The summed E-state index contributed by atoms with van der Waals surface area (Å²) in [6.07, 6.45) is -4.18. The van der Waals surface area contributed by atoms with Gasteiger partial charge in [0.25, 0.3) is 11.4 Å². The van der Waals surface area contributed by atoms with Crippen LogP contribution in [-0.4, -0.2) is 68.4 Å². The highest BCUT2D eigenvalue weighted by Crippen LogP contribution is 2.66. The van der Waals surface area contributed by atoms with Gasteiger partial charge in [-0.2, -0.15) is 13.6 Å². The number of anilines is 1. The van der Waals surface area contributed by atoms with E-state index in [9.17, 15) is 32.9 Å². The molecule has 2 aromatic rings. The molecule has 0 saturated carbocycles. The number of H-pyrrole nitrogens is 1. The van der Waals surface area contributed by atoms with Crippen LogP contribution in [0.5, 0.6) is 0 Å². The largest absolute Gasteiger partial charge is 0.490 e. The second-order valence-electron chi connectivity index (χ2n) is 6.98. The number of aliphatic hydroxyl groups is 1. The third-order valence-electron chi connectivity index (χ3n) is 4.24. The molecule has 2 aromatic heterocycles. The van der Waals surface area contributed by atoms with Crippen LogP contribution in [0, 0.1) is 0 Å². The summed E-state index contributed by atoms with van der Waals surface area (Å²) < 4.78 is 80.4. The number of nitrogens with one attached hydrogen (secondary N) is 1. The highest BCUT2D eigenvalue weighted by molar-refractivity contribution is 7.66. The van der Waals surface area contributed by atoms with Gasteiger partial charge in [0.05, 0.1) is 6.33 Å². The van der Waals surface area contributed by atoms with Crippen molar-refractivity contribution in [3.63, 3.8) is 0 Å². The number of imidazole rings is 1. The van der Waals surface area contributed by atoms with Gasteiger partial charge >= 0.3 is 23.5 Å². The van der Waals surface area contributed by atoms with Gasteiger partial charge in [-0.1, -0.05) is 0 Å². The van der Waals surface area contributed by atoms with E-state index in [1.54, 1.807) is 0 Å². The third-order valence-corrected chi connectivity index (χ3v) is 8.03. The van der Waals surface area contributed by atoms with Gasteiger partial charge in [0, 0.05) is 0 Å². The van der Waals surface area contributed by atoms with Gasteiger partial charge in [0.15, 0.2) is 23.6 Å². The summed E-state index contributed by atoms with van der Waals surface area (Å²) >= 11 is 0. The van der Waals surface area contributed by atoms with Crippen LogP contribution in [0.4, 0.5) is 14.7 Å². The van der Waals surface area contributed by atoms with Crippen LogP contribution in [0.1, 0.15) is 13.2 Å². The number of aromatic nitrogens is 4. The molecule has 0 spiro atoms. The molecule has 1 aliphatic heterocycles. The topological polar surface area (TPSA) is 279 Å². The van der Waals surface area contributed by atoms with Gasteiger partial charge in [-0.15, -0.1) is 0 Å².